The van der Waals surface area contributed by atoms with Gasteiger partial charge in [0, 0.05) is 0 Å². The Labute approximate surface area is 120 Å². The number of rotatable bonds is 5. The molecule has 1 unspecified atom stereocenters. The number of methoxy groups -OCH3 is 1. The highest BCUT2D eigenvalue weighted by Gasteiger charge is 2.16. The number of benzene rings is 2. The molecule has 0 aromatic heterocycles. The molecule has 0 fully saturated rings. The third kappa shape index (κ3) is 3.00. The molecule has 20 heavy (non-hydrogen) atoms. The topological polar surface area (TPSA) is 47.3 Å². The van der Waals surface area contributed by atoms with Gasteiger partial charge in [0.25, 0.3) is 0 Å². The van der Waals surface area contributed by atoms with Crippen LogP contribution in [-0.2, 0) is 6.42 Å². The molecule has 0 bridgehead atoms. The van der Waals surface area contributed by atoms with Crippen molar-refractivity contribution >= 4 is 0 Å². The van der Waals surface area contributed by atoms with Crippen LogP contribution in [0.5, 0.6) is 5.75 Å². The van der Waals surface area contributed by atoms with E-state index in [1.165, 1.54) is 16.7 Å². The first kappa shape index (κ1) is 14.6. The minimum Gasteiger partial charge on any atom is -0.496 e. The zero-order chi connectivity index (χ0) is 14.5. The highest BCUT2D eigenvalue weighted by molar-refractivity contribution is 5.40. The zero-order valence-electron chi connectivity index (χ0n) is 12.3. The van der Waals surface area contributed by atoms with Crippen LogP contribution in [-0.4, -0.2) is 7.11 Å². The molecule has 1 atom stereocenters. The summed E-state index contributed by atoms with van der Waals surface area (Å²) < 4.78 is 5.42. The van der Waals surface area contributed by atoms with Crippen molar-refractivity contribution in [3.05, 3.63) is 64.7 Å². The van der Waals surface area contributed by atoms with Crippen LogP contribution in [0.2, 0.25) is 0 Å². The molecular formula is C17H22N2O. The lowest BCUT2D eigenvalue weighted by Gasteiger charge is -2.22. The molecule has 0 saturated heterocycles. The van der Waals surface area contributed by atoms with Crippen LogP contribution in [0.4, 0.5) is 0 Å². The molecule has 106 valence electrons. The lowest BCUT2D eigenvalue weighted by Crippen LogP contribution is -2.30. The van der Waals surface area contributed by atoms with E-state index in [-0.39, 0.29) is 6.04 Å². The summed E-state index contributed by atoms with van der Waals surface area (Å²) in [6.45, 7) is 4.24. The Balaban J connectivity index is 2.34. The molecule has 0 radical (unpaired) electrons. The van der Waals surface area contributed by atoms with E-state index in [2.05, 4.69) is 43.5 Å². The van der Waals surface area contributed by atoms with Gasteiger partial charge in [-0.15, -0.1) is 0 Å². The molecule has 0 heterocycles. The van der Waals surface area contributed by atoms with Gasteiger partial charge in [-0.1, -0.05) is 36.4 Å². The maximum atomic E-state index is 5.79. The summed E-state index contributed by atoms with van der Waals surface area (Å²) in [5, 5.41) is 0. The standard InChI is InChI=1S/C17H22N2O/c1-12-7-6-8-13(2)17(12)15(19-18)11-14-9-4-5-10-16(14)20-3/h4-10,15,19H,11,18H2,1-3H3. The van der Waals surface area contributed by atoms with Gasteiger partial charge in [0.15, 0.2) is 0 Å². The first-order valence-electron chi connectivity index (χ1n) is 6.81. The van der Waals surface area contributed by atoms with Crippen LogP contribution < -0.4 is 16.0 Å². The summed E-state index contributed by atoms with van der Waals surface area (Å²) >= 11 is 0. The Kier molecular flexibility index (Phi) is 4.77. The predicted octanol–water partition coefficient (Wildman–Crippen LogP) is 3.06. The van der Waals surface area contributed by atoms with Gasteiger partial charge in [0.1, 0.15) is 5.75 Å². The summed E-state index contributed by atoms with van der Waals surface area (Å²) in [5.74, 6) is 6.69. The fourth-order valence-electron chi connectivity index (χ4n) is 2.71. The van der Waals surface area contributed by atoms with Gasteiger partial charge in [-0.05, 0) is 48.6 Å². The van der Waals surface area contributed by atoms with Crippen molar-refractivity contribution in [3.8, 4) is 5.75 Å². The normalized spacial score (nSPS) is 12.2. The molecule has 2 aromatic rings. The second kappa shape index (κ2) is 6.55. The molecule has 3 heteroatoms. The molecule has 0 saturated carbocycles. The molecule has 0 aliphatic heterocycles. The van der Waals surface area contributed by atoms with E-state index in [4.69, 9.17) is 10.6 Å². The smallest absolute Gasteiger partial charge is 0.122 e. The van der Waals surface area contributed by atoms with Gasteiger partial charge in [0.05, 0.1) is 13.2 Å². The Morgan fingerprint density at radius 2 is 1.70 bits per heavy atom. The Morgan fingerprint density at radius 3 is 2.30 bits per heavy atom. The van der Waals surface area contributed by atoms with Crippen LogP contribution in [0.1, 0.15) is 28.3 Å². The van der Waals surface area contributed by atoms with Crippen LogP contribution >= 0.6 is 0 Å². The van der Waals surface area contributed by atoms with E-state index < -0.39 is 0 Å². The summed E-state index contributed by atoms with van der Waals surface area (Å²) in [7, 11) is 1.70. The maximum Gasteiger partial charge on any atom is 0.122 e. The second-order valence-electron chi connectivity index (χ2n) is 5.04. The van der Waals surface area contributed by atoms with Gasteiger partial charge in [-0.25, -0.2) is 0 Å². The minimum absolute atomic E-state index is 0.0764. The van der Waals surface area contributed by atoms with Gasteiger partial charge in [-0.2, -0.15) is 0 Å². The van der Waals surface area contributed by atoms with E-state index in [0.717, 1.165) is 17.7 Å². The number of para-hydroxylation sites is 1. The van der Waals surface area contributed by atoms with Crippen molar-refractivity contribution in [2.75, 3.05) is 7.11 Å². The lowest BCUT2D eigenvalue weighted by molar-refractivity contribution is 0.405. The summed E-state index contributed by atoms with van der Waals surface area (Å²) in [6, 6.07) is 14.5. The average molecular weight is 270 g/mol. The molecular weight excluding hydrogens is 248 g/mol. The average Bonchev–Trinajstić information content (AvgIpc) is 2.46. The lowest BCUT2D eigenvalue weighted by atomic mass is 9.92. The van der Waals surface area contributed by atoms with Crippen molar-refractivity contribution in [2.24, 2.45) is 5.84 Å². The molecule has 3 N–H and O–H groups in total. The Morgan fingerprint density at radius 1 is 1.05 bits per heavy atom. The van der Waals surface area contributed by atoms with Crippen LogP contribution in [0, 0.1) is 13.8 Å². The highest BCUT2D eigenvalue weighted by Crippen LogP contribution is 2.28. The third-order valence-electron chi connectivity index (χ3n) is 3.71. The van der Waals surface area contributed by atoms with Gasteiger partial charge in [0.2, 0.25) is 0 Å². The number of hydrogen-bond acceptors (Lipinski definition) is 3. The Hall–Kier alpha value is -1.84. The fourth-order valence-corrected chi connectivity index (χ4v) is 2.71. The van der Waals surface area contributed by atoms with Crippen LogP contribution in [0.25, 0.3) is 0 Å². The van der Waals surface area contributed by atoms with E-state index in [0.29, 0.717) is 0 Å². The molecule has 2 rings (SSSR count). The number of hydrogen-bond donors (Lipinski definition) is 2. The first-order chi connectivity index (χ1) is 9.67. The number of hydrazine groups is 1. The summed E-state index contributed by atoms with van der Waals surface area (Å²) in [4.78, 5) is 0. The predicted molar refractivity (Wildman–Crippen MR) is 82.7 cm³/mol. The SMILES string of the molecule is COc1ccccc1CC(NN)c1c(C)cccc1C. The number of ether oxygens (including phenoxy) is 1. The first-order valence-corrected chi connectivity index (χ1v) is 6.81. The monoisotopic (exact) mass is 270 g/mol. The minimum atomic E-state index is 0.0764. The third-order valence-corrected chi connectivity index (χ3v) is 3.71. The van der Waals surface area contributed by atoms with E-state index in [1.807, 2.05) is 18.2 Å². The van der Waals surface area contributed by atoms with Crippen molar-refractivity contribution in [3.63, 3.8) is 0 Å². The molecule has 0 spiro atoms. The number of nitrogens with two attached hydrogens (primary N) is 1. The van der Waals surface area contributed by atoms with Gasteiger partial charge in [-0.3, -0.25) is 11.3 Å². The summed E-state index contributed by atoms with van der Waals surface area (Å²) in [6.07, 6.45) is 0.798. The number of nitrogens with one attached hydrogen (secondary N) is 1. The molecule has 2 aromatic carbocycles. The Bertz CT molecular complexity index is 561. The van der Waals surface area contributed by atoms with Gasteiger partial charge >= 0.3 is 0 Å². The van der Waals surface area contributed by atoms with Gasteiger partial charge < -0.3 is 4.74 Å². The largest absolute Gasteiger partial charge is 0.496 e. The molecule has 0 aliphatic carbocycles. The molecule has 3 nitrogen and oxygen atoms in total. The van der Waals surface area contributed by atoms with E-state index in [1.54, 1.807) is 7.11 Å². The molecule has 0 aliphatic rings. The summed E-state index contributed by atoms with van der Waals surface area (Å²) in [5.41, 5.74) is 7.87. The quantitative estimate of drug-likeness (QED) is 0.648. The zero-order valence-corrected chi connectivity index (χ0v) is 12.3. The van der Waals surface area contributed by atoms with E-state index >= 15 is 0 Å². The van der Waals surface area contributed by atoms with E-state index in [9.17, 15) is 0 Å². The van der Waals surface area contributed by atoms with Crippen molar-refractivity contribution in [1.82, 2.24) is 5.43 Å². The van der Waals surface area contributed by atoms with Crippen LogP contribution in [0.3, 0.4) is 0 Å². The second-order valence-corrected chi connectivity index (χ2v) is 5.04. The number of aryl methyl sites for hydroxylation is 2. The highest BCUT2D eigenvalue weighted by atomic mass is 16.5. The maximum absolute atomic E-state index is 5.79. The van der Waals surface area contributed by atoms with Crippen molar-refractivity contribution < 1.29 is 4.74 Å². The molecule has 0 amide bonds. The van der Waals surface area contributed by atoms with Crippen molar-refractivity contribution in [2.45, 2.75) is 26.3 Å². The van der Waals surface area contributed by atoms with Crippen molar-refractivity contribution in [1.29, 1.82) is 0 Å². The fraction of sp³-hybridized carbons (Fsp3) is 0.294. The van der Waals surface area contributed by atoms with Crippen LogP contribution in [0.15, 0.2) is 42.5 Å².